The van der Waals surface area contributed by atoms with Crippen LogP contribution in [0.15, 0.2) is 36.4 Å². The molecule has 3 rings (SSSR count). The highest BCUT2D eigenvalue weighted by atomic mass is 35.5. The summed E-state index contributed by atoms with van der Waals surface area (Å²) in [6, 6.07) is 11.5. The third-order valence-corrected chi connectivity index (χ3v) is 4.32. The Hall–Kier alpha value is -2.04. The van der Waals surface area contributed by atoms with Gasteiger partial charge in [0.25, 0.3) is 0 Å². The maximum Gasteiger partial charge on any atom is 0.411 e. The lowest BCUT2D eigenvalue weighted by molar-refractivity contribution is 0.155. The molecular weight excluding hydrogens is 312 g/mol. The third-order valence-electron chi connectivity index (χ3n) is 3.99. The number of halogens is 1. The highest BCUT2D eigenvalue weighted by molar-refractivity contribution is 6.31. The van der Waals surface area contributed by atoms with Crippen LogP contribution in [0.1, 0.15) is 22.3 Å². The molecule has 0 aliphatic carbocycles. The zero-order chi connectivity index (χ0) is 16.2. The summed E-state index contributed by atoms with van der Waals surface area (Å²) < 4.78 is 5.31. The van der Waals surface area contributed by atoms with Crippen molar-refractivity contribution in [2.45, 2.75) is 26.5 Å². The van der Waals surface area contributed by atoms with Gasteiger partial charge in [0.05, 0.1) is 5.69 Å². The number of anilines is 1. The van der Waals surface area contributed by atoms with E-state index in [-0.39, 0.29) is 6.61 Å². The van der Waals surface area contributed by atoms with Crippen LogP contribution in [0.5, 0.6) is 0 Å². The van der Waals surface area contributed by atoms with E-state index in [4.69, 9.17) is 16.3 Å². The second-order valence-corrected chi connectivity index (χ2v) is 6.03. The average Bonchev–Trinajstić information content (AvgIpc) is 2.58. The van der Waals surface area contributed by atoms with E-state index in [1.807, 2.05) is 43.3 Å². The van der Waals surface area contributed by atoms with E-state index in [1.54, 1.807) is 0 Å². The number of amides is 1. The fraction of sp³-hybridized carbons (Fsp3) is 0.278. The van der Waals surface area contributed by atoms with Crippen molar-refractivity contribution in [1.82, 2.24) is 5.32 Å². The first-order chi connectivity index (χ1) is 11.1. The monoisotopic (exact) mass is 330 g/mol. The van der Waals surface area contributed by atoms with Crippen LogP contribution in [0.25, 0.3) is 0 Å². The number of carbonyl (C=O) groups excluding carboxylic acids is 1. The first kappa shape index (κ1) is 15.8. The molecule has 1 amide bonds. The topological polar surface area (TPSA) is 50.4 Å². The molecule has 2 aromatic rings. The quantitative estimate of drug-likeness (QED) is 0.893. The molecule has 0 bridgehead atoms. The van der Waals surface area contributed by atoms with Gasteiger partial charge in [-0.3, -0.25) is 5.32 Å². The van der Waals surface area contributed by atoms with Gasteiger partial charge in [-0.25, -0.2) is 4.79 Å². The Bertz CT molecular complexity index is 717. The number of fused-ring (bicyclic) bond motifs is 1. The normalized spacial score (nSPS) is 13.3. The van der Waals surface area contributed by atoms with E-state index in [1.165, 1.54) is 0 Å². The van der Waals surface area contributed by atoms with Gasteiger partial charge in [-0.2, -0.15) is 0 Å². The van der Waals surface area contributed by atoms with E-state index >= 15 is 0 Å². The molecule has 0 fully saturated rings. The summed E-state index contributed by atoms with van der Waals surface area (Å²) in [4.78, 5) is 12.1. The third kappa shape index (κ3) is 3.66. The van der Waals surface area contributed by atoms with E-state index in [0.29, 0.717) is 0 Å². The first-order valence-corrected chi connectivity index (χ1v) is 8.02. The van der Waals surface area contributed by atoms with E-state index < -0.39 is 6.09 Å². The molecule has 0 atom stereocenters. The zero-order valence-electron chi connectivity index (χ0n) is 13.0. The van der Waals surface area contributed by atoms with Gasteiger partial charge in [-0.1, -0.05) is 41.9 Å². The van der Waals surface area contributed by atoms with E-state index in [0.717, 1.165) is 52.5 Å². The number of benzene rings is 2. The minimum absolute atomic E-state index is 0.253. The number of ether oxygens (including phenoxy) is 1. The molecule has 2 N–H and O–H groups in total. The molecular formula is C18H19ClN2O2. The Balaban J connectivity index is 1.73. The van der Waals surface area contributed by atoms with Crippen LogP contribution in [-0.2, 0) is 24.3 Å². The summed E-state index contributed by atoms with van der Waals surface area (Å²) in [5, 5.41) is 6.93. The second kappa shape index (κ2) is 7.02. The minimum Gasteiger partial charge on any atom is -0.444 e. The van der Waals surface area contributed by atoms with Crippen molar-refractivity contribution < 1.29 is 9.53 Å². The Morgan fingerprint density at radius 3 is 2.87 bits per heavy atom. The smallest absolute Gasteiger partial charge is 0.411 e. The maximum atomic E-state index is 12.1. The number of carbonyl (C=O) groups is 1. The van der Waals surface area contributed by atoms with Crippen molar-refractivity contribution in [2.24, 2.45) is 0 Å². The van der Waals surface area contributed by atoms with Crippen LogP contribution < -0.4 is 10.6 Å². The molecule has 0 saturated carbocycles. The number of rotatable bonds is 3. The standard InChI is InChI=1S/C18H19ClN2O2/c1-12-9-16(19)15-10-20-8-7-14(15)17(12)21-18(22)23-11-13-5-3-2-4-6-13/h2-6,9,20H,7-8,10-11H2,1H3,(H,21,22). The molecule has 5 heteroatoms. The van der Waals surface area contributed by atoms with Gasteiger partial charge in [0.1, 0.15) is 6.61 Å². The molecule has 0 aromatic heterocycles. The molecule has 4 nitrogen and oxygen atoms in total. The lowest BCUT2D eigenvalue weighted by Crippen LogP contribution is -2.26. The molecule has 0 radical (unpaired) electrons. The zero-order valence-corrected chi connectivity index (χ0v) is 13.7. The number of aryl methyl sites for hydroxylation is 1. The molecule has 0 spiro atoms. The Morgan fingerprint density at radius 2 is 2.09 bits per heavy atom. The molecule has 0 saturated heterocycles. The van der Waals surface area contributed by atoms with Gasteiger partial charge >= 0.3 is 6.09 Å². The summed E-state index contributed by atoms with van der Waals surface area (Å²) in [6.45, 7) is 3.80. The van der Waals surface area contributed by atoms with Gasteiger partial charge in [-0.05, 0) is 48.2 Å². The first-order valence-electron chi connectivity index (χ1n) is 7.64. The molecule has 23 heavy (non-hydrogen) atoms. The van der Waals surface area contributed by atoms with Gasteiger partial charge in [0.15, 0.2) is 0 Å². The predicted octanol–water partition coefficient (Wildman–Crippen LogP) is 4.04. The van der Waals surface area contributed by atoms with Crippen molar-refractivity contribution in [3.63, 3.8) is 0 Å². The van der Waals surface area contributed by atoms with Crippen LogP contribution in [0.2, 0.25) is 5.02 Å². The van der Waals surface area contributed by atoms with Gasteiger partial charge in [-0.15, -0.1) is 0 Å². The van der Waals surface area contributed by atoms with Gasteiger partial charge in [0, 0.05) is 11.6 Å². The summed E-state index contributed by atoms with van der Waals surface area (Å²) in [5.41, 5.74) is 4.89. The largest absolute Gasteiger partial charge is 0.444 e. The lowest BCUT2D eigenvalue weighted by Gasteiger charge is -2.23. The predicted molar refractivity (Wildman–Crippen MR) is 91.8 cm³/mol. The van der Waals surface area contributed by atoms with Crippen LogP contribution in [0, 0.1) is 6.92 Å². The van der Waals surface area contributed by atoms with E-state index in [9.17, 15) is 4.79 Å². The van der Waals surface area contributed by atoms with Gasteiger partial charge < -0.3 is 10.1 Å². The van der Waals surface area contributed by atoms with E-state index in [2.05, 4.69) is 10.6 Å². The number of hydrogen-bond donors (Lipinski definition) is 2. The van der Waals surface area contributed by atoms with Crippen molar-refractivity contribution >= 4 is 23.4 Å². The van der Waals surface area contributed by atoms with Crippen LogP contribution in [0.4, 0.5) is 10.5 Å². The lowest BCUT2D eigenvalue weighted by atomic mass is 9.96. The van der Waals surface area contributed by atoms with Gasteiger partial charge in [0.2, 0.25) is 0 Å². The van der Waals surface area contributed by atoms with Crippen LogP contribution in [0.3, 0.4) is 0 Å². The average molecular weight is 331 g/mol. The minimum atomic E-state index is -0.444. The number of hydrogen-bond acceptors (Lipinski definition) is 3. The molecule has 120 valence electrons. The second-order valence-electron chi connectivity index (χ2n) is 5.62. The molecule has 2 aromatic carbocycles. The molecule has 1 heterocycles. The Labute approximate surface area is 140 Å². The molecule has 0 unspecified atom stereocenters. The van der Waals surface area contributed by atoms with Crippen molar-refractivity contribution in [1.29, 1.82) is 0 Å². The van der Waals surface area contributed by atoms with Crippen LogP contribution in [-0.4, -0.2) is 12.6 Å². The summed E-state index contributed by atoms with van der Waals surface area (Å²) in [5.74, 6) is 0. The fourth-order valence-electron chi connectivity index (χ4n) is 2.81. The highest BCUT2D eigenvalue weighted by Crippen LogP contribution is 2.33. The Kier molecular flexibility index (Phi) is 4.84. The number of nitrogens with one attached hydrogen (secondary N) is 2. The van der Waals surface area contributed by atoms with Crippen molar-refractivity contribution in [2.75, 3.05) is 11.9 Å². The molecule has 1 aliphatic heterocycles. The molecule has 1 aliphatic rings. The summed E-state index contributed by atoms with van der Waals surface area (Å²) in [6.07, 6.45) is 0.394. The maximum absolute atomic E-state index is 12.1. The summed E-state index contributed by atoms with van der Waals surface area (Å²) in [7, 11) is 0. The van der Waals surface area contributed by atoms with Crippen LogP contribution >= 0.6 is 11.6 Å². The Morgan fingerprint density at radius 1 is 1.30 bits per heavy atom. The SMILES string of the molecule is Cc1cc(Cl)c2c(c1NC(=O)OCc1ccccc1)CCNC2. The fourth-order valence-corrected chi connectivity index (χ4v) is 3.16. The highest BCUT2D eigenvalue weighted by Gasteiger charge is 2.20. The van der Waals surface area contributed by atoms with Crippen molar-refractivity contribution in [3.05, 3.63) is 63.7 Å². The summed E-state index contributed by atoms with van der Waals surface area (Å²) >= 11 is 6.31. The van der Waals surface area contributed by atoms with Crippen molar-refractivity contribution in [3.8, 4) is 0 Å².